The quantitative estimate of drug-likeness (QED) is 0.474. The van der Waals surface area contributed by atoms with E-state index in [1.54, 1.807) is 0 Å². The largest absolute Gasteiger partial charge is 0.490 e. The van der Waals surface area contributed by atoms with Crippen molar-refractivity contribution in [2.45, 2.75) is 25.2 Å². The van der Waals surface area contributed by atoms with Crippen LogP contribution >= 0.6 is 0 Å². The van der Waals surface area contributed by atoms with E-state index in [1.807, 2.05) is 32.0 Å². The molecule has 0 radical (unpaired) electrons. The molecule has 152 valence electrons. The van der Waals surface area contributed by atoms with Crippen molar-refractivity contribution in [2.75, 3.05) is 31.3 Å². The summed E-state index contributed by atoms with van der Waals surface area (Å²) in [6.07, 6.45) is 1.61. The van der Waals surface area contributed by atoms with Crippen molar-refractivity contribution in [1.82, 2.24) is 0 Å². The molecule has 0 heterocycles. The Morgan fingerprint density at radius 3 is 2.32 bits per heavy atom. The van der Waals surface area contributed by atoms with E-state index in [1.165, 1.54) is 12.1 Å². The van der Waals surface area contributed by atoms with Crippen LogP contribution in [-0.2, 0) is 16.3 Å². The second-order valence-corrected chi connectivity index (χ2v) is 8.05. The van der Waals surface area contributed by atoms with Crippen molar-refractivity contribution < 1.29 is 22.8 Å². The number of rotatable bonds is 10. The van der Waals surface area contributed by atoms with Crippen molar-refractivity contribution in [2.24, 2.45) is 0 Å². The fourth-order valence-corrected chi connectivity index (χ4v) is 3.28. The number of nitrogens with zero attached hydrogens (tertiary/aromatic N) is 1. The van der Waals surface area contributed by atoms with Crippen molar-refractivity contribution in [3.8, 4) is 11.5 Å². The van der Waals surface area contributed by atoms with Crippen LogP contribution in [0.15, 0.2) is 41.3 Å². The van der Waals surface area contributed by atoms with Gasteiger partial charge in [0.25, 0.3) is 5.69 Å². The number of nitro benzene ring substituents is 1. The SMILES string of the molecule is CCOc1ccc(CCNc2ccc(S(C)(=O)=O)cc2[N+](=O)[O-])cc1OCC. The third-order valence-corrected chi connectivity index (χ3v) is 5.04. The lowest BCUT2D eigenvalue weighted by Gasteiger charge is -2.13. The Labute approximate surface area is 164 Å². The zero-order valence-corrected chi connectivity index (χ0v) is 16.9. The number of hydrogen-bond acceptors (Lipinski definition) is 7. The van der Waals surface area contributed by atoms with E-state index in [0.717, 1.165) is 17.9 Å². The van der Waals surface area contributed by atoms with Gasteiger partial charge in [-0.1, -0.05) is 6.07 Å². The lowest BCUT2D eigenvalue weighted by atomic mass is 10.1. The predicted molar refractivity (Wildman–Crippen MR) is 107 cm³/mol. The molecule has 0 unspecified atom stereocenters. The smallest absolute Gasteiger partial charge is 0.293 e. The lowest BCUT2D eigenvalue weighted by Crippen LogP contribution is -2.08. The van der Waals surface area contributed by atoms with Gasteiger partial charge in [0.2, 0.25) is 0 Å². The molecule has 0 aliphatic rings. The van der Waals surface area contributed by atoms with Gasteiger partial charge in [-0.05, 0) is 50.1 Å². The standard InChI is InChI=1S/C19H24N2O6S/c1-4-26-18-9-6-14(12-19(18)27-5-2)10-11-20-16-8-7-15(28(3,24)25)13-17(16)21(22)23/h6-9,12-13,20H,4-5,10-11H2,1-3H3. The minimum atomic E-state index is -3.52. The molecule has 0 aliphatic carbocycles. The first-order valence-corrected chi connectivity index (χ1v) is 10.8. The molecule has 1 N–H and O–H groups in total. The monoisotopic (exact) mass is 408 g/mol. The average molecular weight is 408 g/mol. The maximum atomic E-state index is 11.6. The molecule has 2 aromatic rings. The Bertz CT molecular complexity index is 943. The van der Waals surface area contributed by atoms with E-state index in [0.29, 0.717) is 37.7 Å². The summed E-state index contributed by atoms with van der Waals surface area (Å²) in [5, 5.41) is 14.3. The number of anilines is 1. The molecule has 2 aromatic carbocycles. The molecule has 9 heteroatoms. The third kappa shape index (κ3) is 5.59. The first-order valence-electron chi connectivity index (χ1n) is 8.87. The highest BCUT2D eigenvalue weighted by Gasteiger charge is 2.18. The Morgan fingerprint density at radius 1 is 1.04 bits per heavy atom. The molecular weight excluding hydrogens is 384 g/mol. The Kier molecular flexibility index (Phi) is 7.22. The number of ether oxygens (including phenoxy) is 2. The third-order valence-electron chi connectivity index (χ3n) is 3.93. The predicted octanol–water partition coefficient (Wildman–Crippen LogP) is 3.45. The van der Waals surface area contributed by atoms with Crippen LogP contribution < -0.4 is 14.8 Å². The second-order valence-electron chi connectivity index (χ2n) is 6.03. The fourth-order valence-electron chi connectivity index (χ4n) is 2.64. The molecule has 8 nitrogen and oxygen atoms in total. The molecule has 0 fully saturated rings. The van der Waals surface area contributed by atoms with Crippen LogP contribution in [0.5, 0.6) is 11.5 Å². The summed E-state index contributed by atoms with van der Waals surface area (Å²) in [6, 6.07) is 9.48. The van der Waals surface area contributed by atoms with Crippen molar-refractivity contribution in [3.63, 3.8) is 0 Å². The topological polar surface area (TPSA) is 108 Å². The second kappa shape index (κ2) is 9.41. The number of nitrogens with one attached hydrogen (secondary N) is 1. The maximum absolute atomic E-state index is 11.6. The number of sulfone groups is 1. The number of nitro groups is 1. The summed E-state index contributed by atoms with van der Waals surface area (Å²) in [5.41, 5.74) is 0.979. The molecule has 2 rings (SSSR count). The van der Waals surface area contributed by atoms with Gasteiger partial charge in [0, 0.05) is 18.9 Å². The van der Waals surface area contributed by atoms with Crippen molar-refractivity contribution in [3.05, 3.63) is 52.1 Å². The molecule has 0 saturated heterocycles. The van der Waals surface area contributed by atoms with Gasteiger partial charge >= 0.3 is 0 Å². The minimum absolute atomic E-state index is 0.0855. The normalized spacial score (nSPS) is 11.1. The van der Waals surface area contributed by atoms with Crippen LogP contribution in [-0.4, -0.2) is 39.4 Å². The van der Waals surface area contributed by atoms with Gasteiger partial charge < -0.3 is 14.8 Å². The fraction of sp³-hybridized carbons (Fsp3) is 0.368. The summed E-state index contributed by atoms with van der Waals surface area (Å²) in [6.45, 7) is 5.27. The van der Waals surface area contributed by atoms with Gasteiger partial charge in [0.05, 0.1) is 23.0 Å². The number of hydrogen-bond donors (Lipinski definition) is 1. The molecule has 0 aromatic heterocycles. The van der Waals surface area contributed by atoms with Crippen LogP contribution in [0.1, 0.15) is 19.4 Å². The van der Waals surface area contributed by atoms with E-state index in [-0.39, 0.29) is 16.3 Å². The van der Waals surface area contributed by atoms with E-state index in [4.69, 9.17) is 9.47 Å². The minimum Gasteiger partial charge on any atom is -0.490 e. The number of benzene rings is 2. The molecule has 0 bridgehead atoms. The van der Waals surface area contributed by atoms with E-state index >= 15 is 0 Å². The van der Waals surface area contributed by atoms with Gasteiger partial charge in [-0.15, -0.1) is 0 Å². The summed E-state index contributed by atoms with van der Waals surface area (Å²) in [4.78, 5) is 10.6. The van der Waals surface area contributed by atoms with Gasteiger partial charge in [-0.2, -0.15) is 0 Å². The first kappa shape index (κ1) is 21.5. The van der Waals surface area contributed by atoms with Gasteiger partial charge in [0.1, 0.15) is 5.69 Å². The molecule has 0 spiro atoms. The van der Waals surface area contributed by atoms with Crippen molar-refractivity contribution in [1.29, 1.82) is 0 Å². The summed E-state index contributed by atoms with van der Waals surface area (Å²) < 4.78 is 34.4. The van der Waals surface area contributed by atoms with Gasteiger partial charge in [0.15, 0.2) is 21.3 Å². The molecule has 0 amide bonds. The molecular formula is C19H24N2O6S. The summed E-state index contributed by atoms with van der Waals surface area (Å²) in [7, 11) is -3.52. The van der Waals surface area contributed by atoms with Gasteiger partial charge in [-0.25, -0.2) is 8.42 Å². The maximum Gasteiger partial charge on any atom is 0.293 e. The van der Waals surface area contributed by atoms with Crippen LogP contribution in [0.25, 0.3) is 0 Å². The Hall–Kier alpha value is -2.81. The van der Waals surface area contributed by atoms with E-state index in [2.05, 4.69) is 5.32 Å². The Balaban J connectivity index is 2.12. The Morgan fingerprint density at radius 2 is 1.71 bits per heavy atom. The highest BCUT2D eigenvalue weighted by atomic mass is 32.2. The molecule has 0 aliphatic heterocycles. The molecule has 28 heavy (non-hydrogen) atoms. The van der Waals surface area contributed by atoms with Crippen LogP contribution in [0, 0.1) is 10.1 Å². The highest BCUT2D eigenvalue weighted by molar-refractivity contribution is 7.90. The average Bonchev–Trinajstić information content (AvgIpc) is 2.63. The zero-order valence-electron chi connectivity index (χ0n) is 16.1. The van der Waals surface area contributed by atoms with Gasteiger partial charge in [-0.3, -0.25) is 10.1 Å². The zero-order chi connectivity index (χ0) is 20.7. The lowest BCUT2D eigenvalue weighted by molar-refractivity contribution is -0.384. The molecule has 0 saturated carbocycles. The van der Waals surface area contributed by atoms with E-state index in [9.17, 15) is 18.5 Å². The van der Waals surface area contributed by atoms with Crippen LogP contribution in [0.3, 0.4) is 0 Å². The summed E-state index contributed by atoms with van der Waals surface area (Å²) >= 11 is 0. The van der Waals surface area contributed by atoms with Crippen LogP contribution in [0.4, 0.5) is 11.4 Å². The first-order chi connectivity index (χ1) is 13.3. The molecule has 0 atom stereocenters. The van der Waals surface area contributed by atoms with E-state index < -0.39 is 14.8 Å². The highest BCUT2D eigenvalue weighted by Crippen LogP contribution is 2.30. The van der Waals surface area contributed by atoms with Crippen molar-refractivity contribution >= 4 is 21.2 Å². The van der Waals surface area contributed by atoms with Crippen LogP contribution in [0.2, 0.25) is 0 Å². The summed E-state index contributed by atoms with van der Waals surface area (Å²) in [5.74, 6) is 1.33.